The lowest BCUT2D eigenvalue weighted by Crippen LogP contribution is -2.27. The summed E-state index contributed by atoms with van der Waals surface area (Å²) in [4.78, 5) is 37.4. The van der Waals surface area contributed by atoms with Crippen molar-refractivity contribution in [2.75, 3.05) is 16.1 Å². The van der Waals surface area contributed by atoms with Gasteiger partial charge in [0, 0.05) is 23.8 Å². The minimum Gasteiger partial charge on any atom is -0.444 e. The summed E-state index contributed by atoms with van der Waals surface area (Å²) in [6.07, 6.45) is 2.15. The largest absolute Gasteiger partial charge is 0.444 e. The van der Waals surface area contributed by atoms with Crippen LogP contribution in [0.1, 0.15) is 31.1 Å². The molecule has 0 aliphatic carbocycles. The molecule has 9 nitrogen and oxygen atoms in total. The van der Waals surface area contributed by atoms with Crippen LogP contribution in [-0.4, -0.2) is 27.6 Å². The second kappa shape index (κ2) is 9.57. The van der Waals surface area contributed by atoms with Crippen molar-refractivity contribution in [2.24, 2.45) is 0 Å². The average Bonchev–Trinajstić information content (AvgIpc) is 2.72. The Balaban J connectivity index is 1.54. The zero-order chi connectivity index (χ0) is 22.3. The fourth-order valence-electron chi connectivity index (χ4n) is 2.39. The monoisotopic (exact) mass is 421 g/mol. The lowest BCUT2D eigenvalue weighted by molar-refractivity contribution is 0.0592. The highest BCUT2D eigenvalue weighted by molar-refractivity contribution is 5.89. The molecule has 0 radical (unpaired) electrons. The number of rotatable bonds is 6. The smallest absolute Gasteiger partial charge is 0.412 e. The molecule has 0 saturated heterocycles. The van der Waals surface area contributed by atoms with Crippen LogP contribution in [-0.2, 0) is 9.57 Å². The Hall–Kier alpha value is -4.14. The molecule has 0 aliphatic rings. The maximum Gasteiger partial charge on any atom is 0.412 e. The van der Waals surface area contributed by atoms with E-state index in [2.05, 4.69) is 26.1 Å². The summed E-state index contributed by atoms with van der Waals surface area (Å²) in [6, 6.07) is 16.1. The van der Waals surface area contributed by atoms with Gasteiger partial charge in [0.05, 0.1) is 11.3 Å². The second-order valence-electron chi connectivity index (χ2n) is 7.49. The highest BCUT2D eigenvalue weighted by atomic mass is 16.7. The van der Waals surface area contributed by atoms with Gasteiger partial charge in [0.1, 0.15) is 5.60 Å². The molecule has 0 aliphatic heterocycles. The summed E-state index contributed by atoms with van der Waals surface area (Å²) in [6.45, 7) is 5.33. The highest BCUT2D eigenvalue weighted by Gasteiger charge is 2.16. The van der Waals surface area contributed by atoms with Crippen LogP contribution >= 0.6 is 0 Å². The fraction of sp³-hybridized carbons (Fsp3) is 0.182. The van der Waals surface area contributed by atoms with E-state index < -0.39 is 17.7 Å². The zero-order valence-corrected chi connectivity index (χ0v) is 17.4. The summed E-state index contributed by atoms with van der Waals surface area (Å²) >= 11 is 0. The van der Waals surface area contributed by atoms with Gasteiger partial charge in [-0.05, 0) is 51.1 Å². The summed E-state index contributed by atoms with van der Waals surface area (Å²) < 4.78 is 5.21. The first kappa shape index (κ1) is 21.6. The van der Waals surface area contributed by atoms with Crippen molar-refractivity contribution in [2.45, 2.75) is 26.4 Å². The SMILES string of the molecule is CC(C)(C)OC(=O)Nc1cccc(NOC(=O)c2cnc(Nc3ccccc3)nc2)c1. The highest BCUT2D eigenvalue weighted by Crippen LogP contribution is 2.17. The van der Waals surface area contributed by atoms with Crippen molar-refractivity contribution in [3.05, 3.63) is 72.6 Å². The normalized spacial score (nSPS) is 10.7. The van der Waals surface area contributed by atoms with E-state index in [0.29, 0.717) is 17.3 Å². The molecule has 3 aromatic rings. The molecule has 0 bridgehead atoms. The molecule has 3 N–H and O–H groups in total. The third kappa shape index (κ3) is 7.00. The van der Waals surface area contributed by atoms with E-state index in [0.717, 1.165) is 5.69 Å². The summed E-state index contributed by atoms with van der Waals surface area (Å²) in [5.41, 5.74) is 3.89. The standard InChI is InChI=1S/C22H23N5O4/c1-22(2,3)30-21(29)26-17-10-7-11-18(12-17)27-31-19(28)15-13-23-20(24-14-15)25-16-8-5-4-6-9-16/h4-14,27H,1-3H3,(H,26,29)(H,23,24,25). The molecule has 0 spiro atoms. The first-order valence-electron chi connectivity index (χ1n) is 9.50. The third-order valence-electron chi connectivity index (χ3n) is 3.69. The number of nitrogens with one attached hydrogen (secondary N) is 3. The number of carbonyl (C=O) groups excluding carboxylic acids is 2. The van der Waals surface area contributed by atoms with Crippen LogP contribution < -0.4 is 16.1 Å². The molecule has 9 heteroatoms. The van der Waals surface area contributed by atoms with Gasteiger partial charge in [0.15, 0.2) is 0 Å². The van der Waals surface area contributed by atoms with E-state index in [1.54, 1.807) is 45.0 Å². The van der Waals surface area contributed by atoms with E-state index >= 15 is 0 Å². The molecule has 3 rings (SSSR count). The van der Waals surface area contributed by atoms with Crippen LogP contribution in [0.2, 0.25) is 0 Å². The van der Waals surface area contributed by atoms with E-state index in [4.69, 9.17) is 9.57 Å². The van der Waals surface area contributed by atoms with Gasteiger partial charge in [-0.3, -0.25) is 5.32 Å². The Labute approximate surface area is 179 Å². The molecule has 0 unspecified atom stereocenters. The van der Waals surface area contributed by atoms with Crippen molar-refractivity contribution >= 4 is 35.1 Å². The number of nitrogens with zero attached hydrogens (tertiary/aromatic N) is 2. The molecular formula is C22H23N5O4. The van der Waals surface area contributed by atoms with Crippen LogP contribution in [0.5, 0.6) is 0 Å². The quantitative estimate of drug-likeness (QED) is 0.489. The van der Waals surface area contributed by atoms with Crippen LogP contribution in [0.25, 0.3) is 0 Å². The Morgan fingerprint density at radius 2 is 1.52 bits per heavy atom. The molecule has 0 atom stereocenters. The Kier molecular flexibility index (Phi) is 6.66. The van der Waals surface area contributed by atoms with Gasteiger partial charge in [-0.1, -0.05) is 24.3 Å². The van der Waals surface area contributed by atoms with Crippen molar-refractivity contribution in [1.29, 1.82) is 0 Å². The number of hydrogen-bond acceptors (Lipinski definition) is 8. The summed E-state index contributed by atoms with van der Waals surface area (Å²) in [5, 5.41) is 5.64. The maximum atomic E-state index is 12.2. The Bertz CT molecular complexity index is 1030. The van der Waals surface area contributed by atoms with E-state index in [1.807, 2.05) is 30.3 Å². The average molecular weight is 421 g/mol. The number of aromatic nitrogens is 2. The number of ether oxygens (including phenoxy) is 1. The molecule has 1 amide bonds. The lowest BCUT2D eigenvalue weighted by atomic mass is 10.2. The zero-order valence-electron chi connectivity index (χ0n) is 17.4. The van der Waals surface area contributed by atoms with E-state index in [9.17, 15) is 9.59 Å². The van der Waals surface area contributed by atoms with Gasteiger partial charge in [-0.2, -0.15) is 0 Å². The van der Waals surface area contributed by atoms with E-state index in [1.165, 1.54) is 12.4 Å². The molecule has 0 saturated carbocycles. The number of carbonyl (C=O) groups is 2. The van der Waals surface area contributed by atoms with Gasteiger partial charge < -0.3 is 14.9 Å². The predicted octanol–water partition coefficient (Wildman–Crippen LogP) is 4.75. The van der Waals surface area contributed by atoms with Gasteiger partial charge in [0.2, 0.25) is 5.95 Å². The Morgan fingerprint density at radius 1 is 0.871 bits per heavy atom. The molecule has 31 heavy (non-hydrogen) atoms. The Morgan fingerprint density at radius 3 is 2.19 bits per heavy atom. The number of para-hydroxylation sites is 1. The topological polar surface area (TPSA) is 114 Å². The van der Waals surface area contributed by atoms with Crippen LogP contribution in [0.15, 0.2) is 67.0 Å². The molecule has 0 fully saturated rings. The van der Waals surface area contributed by atoms with Crippen LogP contribution in [0, 0.1) is 0 Å². The first-order chi connectivity index (χ1) is 14.8. The van der Waals surface area contributed by atoms with Crippen molar-refractivity contribution in [3.63, 3.8) is 0 Å². The van der Waals surface area contributed by atoms with Gasteiger partial charge >= 0.3 is 12.1 Å². The minimum absolute atomic E-state index is 0.175. The second-order valence-corrected chi connectivity index (χ2v) is 7.49. The van der Waals surface area contributed by atoms with Gasteiger partial charge in [-0.15, -0.1) is 0 Å². The number of amides is 1. The van der Waals surface area contributed by atoms with Gasteiger partial charge in [0.25, 0.3) is 0 Å². The molecule has 2 aromatic carbocycles. The minimum atomic E-state index is -0.656. The first-order valence-corrected chi connectivity index (χ1v) is 9.50. The fourth-order valence-corrected chi connectivity index (χ4v) is 2.39. The lowest BCUT2D eigenvalue weighted by Gasteiger charge is -2.19. The molecule has 1 heterocycles. The number of anilines is 4. The van der Waals surface area contributed by atoms with Crippen LogP contribution in [0.3, 0.4) is 0 Å². The molecular weight excluding hydrogens is 398 g/mol. The predicted molar refractivity (Wildman–Crippen MR) is 117 cm³/mol. The summed E-state index contributed by atoms with van der Waals surface area (Å²) in [5.74, 6) is -0.298. The van der Waals surface area contributed by atoms with Crippen LogP contribution in [0.4, 0.5) is 27.8 Å². The third-order valence-corrected chi connectivity index (χ3v) is 3.69. The molecule has 160 valence electrons. The molecule has 1 aromatic heterocycles. The van der Waals surface area contributed by atoms with Gasteiger partial charge in [-0.25, -0.2) is 25.0 Å². The maximum absolute atomic E-state index is 12.2. The van der Waals surface area contributed by atoms with Crippen molar-refractivity contribution in [1.82, 2.24) is 9.97 Å². The summed E-state index contributed by atoms with van der Waals surface area (Å²) in [7, 11) is 0. The van der Waals surface area contributed by atoms with E-state index in [-0.39, 0.29) is 5.56 Å². The van der Waals surface area contributed by atoms with Crippen molar-refractivity contribution in [3.8, 4) is 0 Å². The number of benzene rings is 2. The number of hydrogen-bond donors (Lipinski definition) is 3. The van der Waals surface area contributed by atoms with Crippen molar-refractivity contribution < 1.29 is 19.2 Å².